The highest BCUT2D eigenvalue weighted by Crippen LogP contribution is 2.35. The monoisotopic (exact) mass is 555 g/mol. The third-order valence-electron chi connectivity index (χ3n) is 6.48. The van der Waals surface area contributed by atoms with E-state index in [4.69, 9.17) is 25.8 Å². The third-order valence-corrected chi connectivity index (χ3v) is 6.77. The van der Waals surface area contributed by atoms with Crippen LogP contribution >= 0.6 is 11.6 Å². The molecule has 1 amide bonds. The van der Waals surface area contributed by atoms with E-state index in [1.807, 2.05) is 4.90 Å². The molecule has 0 aliphatic carbocycles. The van der Waals surface area contributed by atoms with Gasteiger partial charge in [0.1, 0.15) is 42.5 Å². The molecule has 2 aliphatic rings. The highest BCUT2D eigenvalue weighted by Gasteiger charge is 2.26. The lowest BCUT2D eigenvalue weighted by Crippen LogP contribution is -2.47. The molecule has 10 nitrogen and oxygen atoms in total. The second-order valence-corrected chi connectivity index (χ2v) is 9.58. The molecule has 2 saturated heterocycles. The molecule has 2 aliphatic heterocycles. The maximum absolute atomic E-state index is 13.6. The Bertz CT molecular complexity index is 1410. The SMILES string of the molecule is C[C@H]1C(=O)OCCN1CC=CC(=O)Nc1cc2c(Nc3ccc(F)c(Cl)c3)ncnc2cc1O[C@@H]1CCOC1. The highest BCUT2D eigenvalue weighted by atomic mass is 35.5. The zero-order chi connectivity index (χ0) is 27.4. The van der Waals surface area contributed by atoms with Gasteiger partial charge >= 0.3 is 5.97 Å². The predicted molar refractivity (Wildman–Crippen MR) is 144 cm³/mol. The van der Waals surface area contributed by atoms with Gasteiger partial charge in [0, 0.05) is 42.7 Å². The summed E-state index contributed by atoms with van der Waals surface area (Å²) in [5.74, 6) is -0.287. The number of nitrogens with one attached hydrogen (secondary N) is 2. The van der Waals surface area contributed by atoms with Crippen LogP contribution in [0.5, 0.6) is 5.75 Å². The number of halogens is 2. The minimum absolute atomic E-state index is 0.0246. The first-order chi connectivity index (χ1) is 18.9. The summed E-state index contributed by atoms with van der Waals surface area (Å²) in [7, 11) is 0. The number of cyclic esters (lactones) is 1. The zero-order valence-electron chi connectivity index (χ0n) is 21.2. The molecular formula is C27H27ClFN5O5. The summed E-state index contributed by atoms with van der Waals surface area (Å²) in [4.78, 5) is 35.3. The summed E-state index contributed by atoms with van der Waals surface area (Å²) in [6, 6.07) is 7.35. The molecule has 12 heteroatoms. The van der Waals surface area contributed by atoms with Gasteiger partial charge in [0.25, 0.3) is 0 Å². The van der Waals surface area contributed by atoms with Crippen LogP contribution in [0.15, 0.2) is 48.8 Å². The van der Waals surface area contributed by atoms with Gasteiger partial charge in [0.15, 0.2) is 0 Å². The van der Waals surface area contributed by atoms with E-state index >= 15 is 0 Å². The fourth-order valence-corrected chi connectivity index (χ4v) is 4.50. The molecule has 0 unspecified atom stereocenters. The van der Waals surface area contributed by atoms with Crippen molar-refractivity contribution >= 4 is 51.6 Å². The Labute approximate surface area is 229 Å². The van der Waals surface area contributed by atoms with Crippen LogP contribution in [0.25, 0.3) is 10.9 Å². The van der Waals surface area contributed by atoms with E-state index < -0.39 is 5.82 Å². The van der Waals surface area contributed by atoms with Crippen molar-refractivity contribution < 1.29 is 28.2 Å². The Hall–Kier alpha value is -3.80. The Morgan fingerprint density at radius 1 is 1.28 bits per heavy atom. The molecule has 0 saturated carbocycles. The number of carbonyl (C=O) groups excluding carboxylic acids is 2. The Morgan fingerprint density at radius 3 is 2.95 bits per heavy atom. The zero-order valence-corrected chi connectivity index (χ0v) is 21.9. The van der Waals surface area contributed by atoms with E-state index in [9.17, 15) is 14.0 Å². The molecule has 2 atom stereocenters. The van der Waals surface area contributed by atoms with Crippen molar-refractivity contribution in [1.29, 1.82) is 0 Å². The van der Waals surface area contributed by atoms with Gasteiger partial charge in [-0.15, -0.1) is 0 Å². The van der Waals surface area contributed by atoms with Crippen LogP contribution in [0.3, 0.4) is 0 Å². The van der Waals surface area contributed by atoms with Crippen LogP contribution in [-0.2, 0) is 19.1 Å². The molecule has 3 heterocycles. The first-order valence-electron chi connectivity index (χ1n) is 12.5. The van der Waals surface area contributed by atoms with Gasteiger partial charge in [-0.25, -0.2) is 14.4 Å². The Kier molecular flexibility index (Phi) is 8.20. The van der Waals surface area contributed by atoms with Gasteiger partial charge in [-0.3, -0.25) is 14.5 Å². The lowest BCUT2D eigenvalue weighted by Gasteiger charge is -2.30. The minimum Gasteiger partial charge on any atom is -0.486 e. The average Bonchev–Trinajstić information content (AvgIpc) is 3.42. The number of aromatic nitrogens is 2. The van der Waals surface area contributed by atoms with Crippen LogP contribution < -0.4 is 15.4 Å². The molecule has 2 fully saturated rings. The number of amides is 1. The highest BCUT2D eigenvalue weighted by molar-refractivity contribution is 6.31. The second-order valence-electron chi connectivity index (χ2n) is 9.18. The van der Waals surface area contributed by atoms with Gasteiger partial charge in [0.05, 0.1) is 29.4 Å². The average molecular weight is 556 g/mol. The lowest BCUT2D eigenvalue weighted by molar-refractivity contribution is -0.155. The molecule has 39 heavy (non-hydrogen) atoms. The number of fused-ring (bicyclic) bond motifs is 1. The molecule has 1 aromatic heterocycles. The number of morpholine rings is 1. The predicted octanol–water partition coefficient (Wildman–Crippen LogP) is 4.08. The number of anilines is 3. The molecule has 0 bridgehead atoms. The summed E-state index contributed by atoms with van der Waals surface area (Å²) in [6.07, 6.45) is 5.08. The Balaban J connectivity index is 1.40. The van der Waals surface area contributed by atoms with Crippen LogP contribution in [0.1, 0.15) is 13.3 Å². The standard InChI is InChI=1S/C27H27ClFN5O5/c1-16-27(36)38-10-8-34(16)7-2-3-25(35)33-23-12-19-22(13-24(23)39-18-6-9-37-14-18)30-15-31-26(19)32-17-4-5-21(29)20(28)11-17/h2-5,11-13,15-16,18H,6-10,14H2,1H3,(H,33,35)(H,30,31,32)/t16-,18+/m0/s1. The number of ether oxygens (including phenoxy) is 3. The second kappa shape index (κ2) is 11.9. The number of hydrogen-bond donors (Lipinski definition) is 2. The van der Waals surface area contributed by atoms with Crippen molar-refractivity contribution in [3.8, 4) is 5.75 Å². The van der Waals surface area contributed by atoms with Gasteiger partial charge in [-0.1, -0.05) is 17.7 Å². The van der Waals surface area contributed by atoms with E-state index in [0.29, 0.717) is 66.8 Å². The summed E-state index contributed by atoms with van der Waals surface area (Å²) in [6.45, 7) is 4.17. The van der Waals surface area contributed by atoms with Crippen LogP contribution in [0.2, 0.25) is 5.02 Å². The van der Waals surface area contributed by atoms with Crippen molar-refractivity contribution in [2.75, 3.05) is 43.5 Å². The first-order valence-corrected chi connectivity index (χ1v) is 12.9. The molecule has 5 rings (SSSR count). The van der Waals surface area contributed by atoms with E-state index in [0.717, 1.165) is 6.42 Å². The molecular weight excluding hydrogens is 529 g/mol. The number of benzene rings is 2. The van der Waals surface area contributed by atoms with E-state index in [1.54, 1.807) is 31.2 Å². The van der Waals surface area contributed by atoms with Gasteiger partial charge < -0.3 is 24.8 Å². The summed E-state index contributed by atoms with van der Waals surface area (Å²) < 4.78 is 30.3. The normalized spacial score (nSPS) is 19.8. The molecule has 0 radical (unpaired) electrons. The fraction of sp³-hybridized carbons (Fsp3) is 0.333. The van der Waals surface area contributed by atoms with Crippen LogP contribution in [0, 0.1) is 5.82 Å². The molecule has 3 aromatic rings. The van der Waals surface area contributed by atoms with Crippen molar-refractivity contribution in [3.05, 3.63) is 59.7 Å². The molecule has 204 valence electrons. The number of nitrogens with zero attached hydrogens (tertiary/aromatic N) is 3. The number of hydrogen-bond acceptors (Lipinski definition) is 9. The first kappa shape index (κ1) is 26.8. The number of carbonyl (C=O) groups is 2. The van der Waals surface area contributed by atoms with E-state index in [2.05, 4.69) is 20.6 Å². The van der Waals surface area contributed by atoms with Gasteiger partial charge in [0.2, 0.25) is 5.91 Å². The van der Waals surface area contributed by atoms with Crippen LogP contribution in [0.4, 0.5) is 21.6 Å². The quantitative estimate of drug-likeness (QED) is 0.313. The van der Waals surface area contributed by atoms with Crippen molar-refractivity contribution in [1.82, 2.24) is 14.9 Å². The summed E-state index contributed by atoms with van der Waals surface area (Å²) >= 11 is 5.93. The largest absolute Gasteiger partial charge is 0.486 e. The van der Waals surface area contributed by atoms with E-state index in [1.165, 1.54) is 24.5 Å². The minimum atomic E-state index is -0.528. The van der Waals surface area contributed by atoms with Crippen LogP contribution in [-0.4, -0.2) is 71.8 Å². The third kappa shape index (κ3) is 6.44. The van der Waals surface area contributed by atoms with Crippen molar-refractivity contribution in [2.24, 2.45) is 0 Å². The number of esters is 1. The van der Waals surface area contributed by atoms with E-state index in [-0.39, 0.29) is 29.0 Å². The maximum atomic E-state index is 13.6. The lowest BCUT2D eigenvalue weighted by atomic mass is 10.1. The number of rotatable bonds is 8. The smallest absolute Gasteiger partial charge is 0.323 e. The topological polar surface area (TPSA) is 115 Å². The van der Waals surface area contributed by atoms with Crippen molar-refractivity contribution in [3.63, 3.8) is 0 Å². The van der Waals surface area contributed by atoms with Gasteiger partial charge in [-0.05, 0) is 31.2 Å². The molecule has 0 spiro atoms. The maximum Gasteiger partial charge on any atom is 0.323 e. The Morgan fingerprint density at radius 2 is 2.15 bits per heavy atom. The fourth-order valence-electron chi connectivity index (χ4n) is 4.32. The summed E-state index contributed by atoms with van der Waals surface area (Å²) in [5, 5.41) is 6.60. The summed E-state index contributed by atoms with van der Waals surface area (Å²) in [5.41, 5.74) is 1.54. The van der Waals surface area contributed by atoms with Crippen molar-refractivity contribution in [2.45, 2.75) is 25.5 Å². The molecule has 2 aromatic carbocycles. The van der Waals surface area contributed by atoms with Gasteiger partial charge in [-0.2, -0.15) is 0 Å². The molecule has 2 N–H and O–H groups in total.